The molecule has 1 aromatic rings. The first kappa shape index (κ1) is 19.8. The van der Waals surface area contributed by atoms with Crippen molar-refractivity contribution in [2.45, 2.75) is 66.0 Å². The number of hydrogen-bond donors (Lipinski definition) is 1. The van der Waals surface area contributed by atoms with Crippen molar-refractivity contribution in [1.29, 1.82) is 0 Å². The molecular weight excluding hydrogens is 314 g/mol. The van der Waals surface area contributed by atoms with Crippen molar-refractivity contribution in [2.24, 2.45) is 12.0 Å². The molecule has 0 aliphatic carbocycles. The van der Waals surface area contributed by atoms with Gasteiger partial charge in [0.2, 0.25) is 0 Å². The van der Waals surface area contributed by atoms with E-state index in [-0.39, 0.29) is 0 Å². The van der Waals surface area contributed by atoms with Gasteiger partial charge >= 0.3 is 0 Å². The number of aromatic nitrogens is 2. The van der Waals surface area contributed by atoms with E-state index in [0.717, 1.165) is 57.9 Å². The Bertz CT molecular complexity index is 558. The van der Waals surface area contributed by atoms with Gasteiger partial charge in [-0.2, -0.15) is 5.10 Å². The molecule has 1 fully saturated rings. The first-order valence-corrected chi connectivity index (χ1v) is 9.82. The Labute approximate surface area is 152 Å². The lowest BCUT2D eigenvalue weighted by Gasteiger charge is -2.34. The van der Waals surface area contributed by atoms with Gasteiger partial charge in [-0.25, -0.2) is 4.99 Å². The van der Waals surface area contributed by atoms with Gasteiger partial charge in [-0.05, 0) is 39.5 Å². The molecule has 1 N–H and O–H groups in total. The highest BCUT2D eigenvalue weighted by molar-refractivity contribution is 5.80. The van der Waals surface area contributed by atoms with Crippen LogP contribution in [0.1, 0.15) is 57.5 Å². The highest BCUT2D eigenvalue weighted by Gasteiger charge is 2.22. The minimum atomic E-state index is 0.404. The summed E-state index contributed by atoms with van der Waals surface area (Å²) in [4.78, 5) is 7.31. The number of aryl methyl sites for hydroxylation is 2. The maximum absolute atomic E-state index is 5.77. The van der Waals surface area contributed by atoms with Crippen molar-refractivity contribution in [3.05, 3.63) is 17.0 Å². The fourth-order valence-electron chi connectivity index (χ4n) is 3.62. The van der Waals surface area contributed by atoms with Crippen LogP contribution >= 0.6 is 0 Å². The van der Waals surface area contributed by atoms with E-state index in [4.69, 9.17) is 9.73 Å². The summed E-state index contributed by atoms with van der Waals surface area (Å²) in [5.41, 5.74) is 3.77. The van der Waals surface area contributed by atoms with Crippen molar-refractivity contribution in [2.75, 3.05) is 26.2 Å². The van der Waals surface area contributed by atoms with Gasteiger partial charge in [-0.1, -0.05) is 13.8 Å². The summed E-state index contributed by atoms with van der Waals surface area (Å²) in [5.74, 6) is 1.02. The Hall–Kier alpha value is -1.56. The molecule has 0 bridgehead atoms. The molecule has 25 heavy (non-hydrogen) atoms. The fourth-order valence-corrected chi connectivity index (χ4v) is 3.62. The predicted octanol–water partition coefficient (Wildman–Crippen LogP) is 2.51. The summed E-state index contributed by atoms with van der Waals surface area (Å²) >= 11 is 0. The summed E-state index contributed by atoms with van der Waals surface area (Å²) in [6.45, 7) is 13.0. The Morgan fingerprint density at radius 3 is 2.48 bits per heavy atom. The van der Waals surface area contributed by atoms with Gasteiger partial charge in [-0.3, -0.25) is 4.68 Å². The lowest BCUT2D eigenvalue weighted by Crippen LogP contribution is -2.47. The molecule has 6 nitrogen and oxygen atoms in total. The quantitative estimate of drug-likeness (QED) is 0.607. The maximum Gasteiger partial charge on any atom is 0.194 e. The number of aliphatic imine (C=N–C) groups is 1. The average molecular weight is 350 g/mol. The first-order valence-electron chi connectivity index (χ1n) is 9.82. The monoisotopic (exact) mass is 349 g/mol. The molecule has 2 heterocycles. The largest absolute Gasteiger partial charge is 0.378 e. The van der Waals surface area contributed by atoms with E-state index >= 15 is 0 Å². The van der Waals surface area contributed by atoms with Crippen LogP contribution in [0.15, 0.2) is 4.99 Å². The molecule has 2 rings (SSSR count). The standard InChI is InChI=1S/C19H35N5O/c1-6-17-16(18(7-2)23(5)22-17)14-21-19(20-8-3)24-12-10-15(11-13-24)25-9-4/h15H,6-14H2,1-5H3,(H,20,21). The number of piperidine rings is 1. The van der Waals surface area contributed by atoms with E-state index in [1.807, 2.05) is 11.7 Å². The minimum absolute atomic E-state index is 0.404. The molecule has 1 saturated heterocycles. The summed E-state index contributed by atoms with van der Waals surface area (Å²) in [5, 5.41) is 8.12. The molecule has 0 radical (unpaired) electrons. The van der Waals surface area contributed by atoms with E-state index in [0.29, 0.717) is 12.6 Å². The van der Waals surface area contributed by atoms with Crippen LogP contribution < -0.4 is 5.32 Å². The van der Waals surface area contributed by atoms with Gasteiger partial charge < -0.3 is 15.0 Å². The molecule has 1 aliphatic rings. The van der Waals surface area contributed by atoms with Crippen LogP contribution in [0.2, 0.25) is 0 Å². The Kier molecular flexibility index (Phi) is 7.75. The lowest BCUT2D eigenvalue weighted by molar-refractivity contribution is 0.0263. The number of guanidine groups is 1. The van der Waals surface area contributed by atoms with E-state index in [9.17, 15) is 0 Å². The van der Waals surface area contributed by atoms with Gasteiger partial charge in [0.25, 0.3) is 0 Å². The number of likely N-dealkylation sites (tertiary alicyclic amines) is 1. The lowest BCUT2D eigenvalue weighted by atomic mass is 10.1. The minimum Gasteiger partial charge on any atom is -0.378 e. The Morgan fingerprint density at radius 1 is 1.20 bits per heavy atom. The van der Waals surface area contributed by atoms with Gasteiger partial charge in [0.15, 0.2) is 5.96 Å². The SMILES string of the molecule is CCNC(=NCc1c(CC)nn(C)c1CC)N1CCC(OCC)CC1. The van der Waals surface area contributed by atoms with Gasteiger partial charge in [0.1, 0.15) is 0 Å². The Balaban J connectivity index is 2.10. The highest BCUT2D eigenvalue weighted by Crippen LogP contribution is 2.18. The van der Waals surface area contributed by atoms with Gasteiger partial charge in [0.05, 0.1) is 18.3 Å². The van der Waals surface area contributed by atoms with Crippen molar-refractivity contribution in [3.8, 4) is 0 Å². The van der Waals surface area contributed by atoms with Crippen molar-refractivity contribution in [1.82, 2.24) is 20.0 Å². The molecule has 1 aliphatic heterocycles. The van der Waals surface area contributed by atoms with Crippen LogP contribution in [0.3, 0.4) is 0 Å². The third kappa shape index (κ3) is 4.97. The van der Waals surface area contributed by atoms with E-state index in [1.54, 1.807) is 0 Å². The summed E-state index contributed by atoms with van der Waals surface area (Å²) in [7, 11) is 2.04. The number of ether oxygens (including phenoxy) is 1. The van der Waals surface area contributed by atoms with Crippen LogP contribution in [0.25, 0.3) is 0 Å². The average Bonchev–Trinajstić information content (AvgIpc) is 2.94. The number of hydrogen-bond acceptors (Lipinski definition) is 3. The number of rotatable bonds is 7. The zero-order chi connectivity index (χ0) is 18.2. The zero-order valence-electron chi connectivity index (χ0n) is 16.6. The maximum atomic E-state index is 5.77. The molecular formula is C19H35N5O. The second kappa shape index (κ2) is 9.80. The second-order valence-electron chi connectivity index (χ2n) is 6.51. The third-order valence-electron chi connectivity index (χ3n) is 4.89. The van der Waals surface area contributed by atoms with Crippen LogP contribution in [0.5, 0.6) is 0 Å². The summed E-state index contributed by atoms with van der Waals surface area (Å²) in [6, 6.07) is 0. The highest BCUT2D eigenvalue weighted by atomic mass is 16.5. The predicted molar refractivity (Wildman–Crippen MR) is 103 cm³/mol. The first-order chi connectivity index (χ1) is 12.1. The Morgan fingerprint density at radius 2 is 1.92 bits per heavy atom. The van der Waals surface area contributed by atoms with Crippen LogP contribution in [-0.2, 0) is 31.2 Å². The molecule has 0 saturated carbocycles. The number of nitrogens with one attached hydrogen (secondary N) is 1. The van der Waals surface area contributed by atoms with E-state index < -0.39 is 0 Å². The molecule has 142 valence electrons. The fraction of sp³-hybridized carbons (Fsp3) is 0.789. The molecule has 6 heteroatoms. The molecule has 0 atom stereocenters. The van der Waals surface area contributed by atoms with Crippen LogP contribution in [0, 0.1) is 0 Å². The topological polar surface area (TPSA) is 54.7 Å². The van der Waals surface area contributed by atoms with Crippen molar-refractivity contribution in [3.63, 3.8) is 0 Å². The van der Waals surface area contributed by atoms with Crippen LogP contribution in [-0.4, -0.2) is 53.0 Å². The van der Waals surface area contributed by atoms with Gasteiger partial charge in [0, 0.05) is 44.5 Å². The number of nitrogens with zero attached hydrogens (tertiary/aromatic N) is 4. The van der Waals surface area contributed by atoms with Crippen molar-refractivity contribution < 1.29 is 4.74 Å². The molecule has 0 aromatic carbocycles. The summed E-state index contributed by atoms with van der Waals surface area (Å²) < 4.78 is 7.78. The van der Waals surface area contributed by atoms with E-state index in [2.05, 4.69) is 43.0 Å². The molecule has 1 aromatic heterocycles. The second-order valence-corrected chi connectivity index (χ2v) is 6.51. The molecule has 0 unspecified atom stereocenters. The molecule has 0 spiro atoms. The van der Waals surface area contributed by atoms with Crippen LogP contribution in [0.4, 0.5) is 0 Å². The third-order valence-corrected chi connectivity index (χ3v) is 4.89. The zero-order valence-corrected chi connectivity index (χ0v) is 16.6. The van der Waals surface area contributed by atoms with Crippen molar-refractivity contribution >= 4 is 5.96 Å². The summed E-state index contributed by atoms with van der Waals surface area (Å²) in [6.07, 6.45) is 4.50. The molecule has 0 amide bonds. The van der Waals surface area contributed by atoms with Gasteiger partial charge in [-0.15, -0.1) is 0 Å². The van der Waals surface area contributed by atoms with E-state index in [1.165, 1.54) is 17.0 Å². The normalized spacial score (nSPS) is 16.5. The smallest absolute Gasteiger partial charge is 0.194 e.